The van der Waals surface area contributed by atoms with E-state index in [4.69, 9.17) is 11.5 Å². The third kappa shape index (κ3) is 2.81. The molecule has 4 saturated carbocycles. The molecule has 8 unspecified atom stereocenters. The highest BCUT2D eigenvalue weighted by molar-refractivity contribution is 5.14. The molecular weight excluding hydrogens is 304 g/mol. The molecule has 4 rings (SSSR count). The summed E-state index contributed by atoms with van der Waals surface area (Å²) in [6.45, 7) is 4.82. The Kier molecular flexibility index (Phi) is 4.99. The zero-order valence-corrected chi connectivity index (χ0v) is 16.8. The zero-order valence-electron chi connectivity index (χ0n) is 16.8. The Morgan fingerprint density at radius 1 is 0.840 bits per heavy atom. The highest BCUT2D eigenvalue weighted by atomic mass is 14.9. The molecule has 0 bridgehead atoms. The van der Waals surface area contributed by atoms with Gasteiger partial charge >= 0.3 is 0 Å². The topological polar surface area (TPSA) is 52.0 Å². The van der Waals surface area contributed by atoms with E-state index in [0.29, 0.717) is 0 Å². The average Bonchev–Trinajstić information content (AvgIpc) is 2.60. The van der Waals surface area contributed by atoms with E-state index in [9.17, 15) is 0 Å². The Morgan fingerprint density at radius 3 is 2.44 bits per heavy atom. The lowest BCUT2D eigenvalue weighted by molar-refractivity contribution is -0.0913. The number of rotatable bonds is 3. The van der Waals surface area contributed by atoms with Gasteiger partial charge in [-0.25, -0.2) is 0 Å². The lowest BCUT2D eigenvalue weighted by Gasteiger charge is -2.63. The van der Waals surface area contributed by atoms with Crippen molar-refractivity contribution >= 4 is 0 Å². The van der Waals surface area contributed by atoms with Crippen LogP contribution in [0.25, 0.3) is 0 Å². The van der Waals surface area contributed by atoms with E-state index < -0.39 is 0 Å². The Bertz CT molecular complexity index is 477. The van der Waals surface area contributed by atoms with Gasteiger partial charge in [-0.15, -0.1) is 0 Å². The van der Waals surface area contributed by atoms with Crippen LogP contribution in [-0.4, -0.2) is 11.1 Å². The van der Waals surface area contributed by atoms with Crippen LogP contribution in [-0.2, 0) is 0 Å². The average molecular weight is 347 g/mol. The molecule has 0 heterocycles. The lowest BCUT2D eigenvalue weighted by Crippen LogP contribution is -2.68. The van der Waals surface area contributed by atoms with Gasteiger partial charge in [-0.3, -0.25) is 0 Å². The summed E-state index contributed by atoms with van der Waals surface area (Å²) in [6, 6.07) is 0. The maximum Gasteiger partial charge on any atom is 0.0216 e. The predicted molar refractivity (Wildman–Crippen MR) is 106 cm³/mol. The maximum atomic E-state index is 7.32. The minimum absolute atomic E-state index is 0.117. The summed E-state index contributed by atoms with van der Waals surface area (Å²) in [5.41, 5.74) is 14.8. The summed E-state index contributed by atoms with van der Waals surface area (Å²) in [4.78, 5) is 0. The van der Waals surface area contributed by atoms with Gasteiger partial charge < -0.3 is 11.5 Å². The molecule has 0 spiro atoms. The maximum absolute atomic E-state index is 7.32. The second-order valence-corrected chi connectivity index (χ2v) is 10.5. The molecule has 144 valence electrons. The van der Waals surface area contributed by atoms with Crippen LogP contribution in [0.2, 0.25) is 0 Å². The third-order valence-electron chi connectivity index (χ3n) is 9.48. The minimum Gasteiger partial charge on any atom is -0.325 e. The molecule has 0 amide bonds. The van der Waals surface area contributed by atoms with Crippen molar-refractivity contribution in [1.82, 2.24) is 0 Å². The molecule has 25 heavy (non-hydrogen) atoms. The molecule has 4 aliphatic rings. The molecule has 4 aliphatic carbocycles. The highest BCUT2D eigenvalue weighted by Gasteiger charge is 2.59. The number of nitrogens with two attached hydrogens (primary N) is 2. The molecule has 8 atom stereocenters. The third-order valence-corrected chi connectivity index (χ3v) is 9.48. The quantitative estimate of drug-likeness (QED) is 0.734. The summed E-state index contributed by atoms with van der Waals surface area (Å²) >= 11 is 0. The van der Waals surface area contributed by atoms with Gasteiger partial charge in [-0.1, -0.05) is 46.0 Å². The van der Waals surface area contributed by atoms with Crippen LogP contribution in [0.3, 0.4) is 0 Å². The molecule has 4 fully saturated rings. The standard InChI is InChI=1S/C23H42N2/c1-3-7-16(2)19-9-6-10-20-18-12-11-17-8-4-5-14-22(17,24)21(18)13-15-23(19,20)25/h16-21H,3-15,24-25H2,1-2H3. The van der Waals surface area contributed by atoms with Crippen LogP contribution < -0.4 is 11.5 Å². The van der Waals surface area contributed by atoms with E-state index in [0.717, 1.165) is 35.5 Å². The van der Waals surface area contributed by atoms with Crippen LogP contribution in [0.5, 0.6) is 0 Å². The minimum atomic E-state index is 0.117. The van der Waals surface area contributed by atoms with E-state index in [1.54, 1.807) is 0 Å². The first kappa shape index (κ1) is 18.3. The van der Waals surface area contributed by atoms with Gasteiger partial charge in [-0.2, -0.15) is 0 Å². The van der Waals surface area contributed by atoms with Crippen molar-refractivity contribution in [3.63, 3.8) is 0 Å². The largest absolute Gasteiger partial charge is 0.325 e. The van der Waals surface area contributed by atoms with Crippen LogP contribution in [0.1, 0.15) is 97.3 Å². The summed E-state index contributed by atoms with van der Waals surface area (Å²) in [7, 11) is 0. The summed E-state index contributed by atoms with van der Waals surface area (Å²) in [5, 5.41) is 0. The SMILES string of the molecule is CCCC(C)C1CCCC2C3CCC4CCCCC4(N)C3CCC12N. The van der Waals surface area contributed by atoms with E-state index in [-0.39, 0.29) is 11.1 Å². The van der Waals surface area contributed by atoms with Crippen molar-refractivity contribution in [2.45, 2.75) is 108 Å². The fourth-order valence-corrected chi connectivity index (χ4v) is 8.38. The molecule has 0 saturated heterocycles. The van der Waals surface area contributed by atoms with Gasteiger partial charge in [0.05, 0.1) is 0 Å². The van der Waals surface area contributed by atoms with Crippen LogP contribution in [0.15, 0.2) is 0 Å². The molecule has 2 nitrogen and oxygen atoms in total. The van der Waals surface area contributed by atoms with Crippen molar-refractivity contribution in [2.75, 3.05) is 0 Å². The fraction of sp³-hybridized carbons (Fsp3) is 1.00. The molecule has 4 N–H and O–H groups in total. The Hall–Kier alpha value is -0.0800. The molecule has 0 radical (unpaired) electrons. The van der Waals surface area contributed by atoms with Crippen molar-refractivity contribution in [3.8, 4) is 0 Å². The molecule has 0 aromatic heterocycles. The number of fused-ring (bicyclic) bond motifs is 5. The second kappa shape index (κ2) is 6.82. The monoisotopic (exact) mass is 346 g/mol. The van der Waals surface area contributed by atoms with E-state index in [1.807, 2.05) is 0 Å². The number of hydrogen-bond donors (Lipinski definition) is 2. The Labute approximate surface area is 155 Å². The van der Waals surface area contributed by atoms with Gasteiger partial charge in [-0.05, 0) is 86.9 Å². The predicted octanol–water partition coefficient (Wildman–Crippen LogP) is 5.24. The fourth-order valence-electron chi connectivity index (χ4n) is 8.38. The molecule has 2 heteroatoms. The first-order valence-electron chi connectivity index (χ1n) is 11.6. The van der Waals surface area contributed by atoms with Crippen LogP contribution >= 0.6 is 0 Å². The molecular formula is C23H42N2. The number of hydrogen-bond acceptors (Lipinski definition) is 2. The van der Waals surface area contributed by atoms with Gasteiger partial charge in [0, 0.05) is 11.1 Å². The summed E-state index contributed by atoms with van der Waals surface area (Å²) in [5.74, 6) is 4.72. The van der Waals surface area contributed by atoms with E-state index in [2.05, 4.69) is 13.8 Å². The molecule has 0 aromatic rings. The zero-order chi connectivity index (χ0) is 17.7. The normalized spacial score (nSPS) is 51.1. The van der Waals surface area contributed by atoms with Gasteiger partial charge in [0.1, 0.15) is 0 Å². The van der Waals surface area contributed by atoms with Crippen molar-refractivity contribution < 1.29 is 0 Å². The van der Waals surface area contributed by atoms with Gasteiger partial charge in [0.25, 0.3) is 0 Å². The molecule has 0 aromatic carbocycles. The van der Waals surface area contributed by atoms with Gasteiger partial charge in [0.15, 0.2) is 0 Å². The highest BCUT2D eigenvalue weighted by Crippen LogP contribution is 2.60. The van der Waals surface area contributed by atoms with Crippen LogP contribution in [0.4, 0.5) is 0 Å². The van der Waals surface area contributed by atoms with Crippen molar-refractivity contribution in [3.05, 3.63) is 0 Å². The van der Waals surface area contributed by atoms with Gasteiger partial charge in [0.2, 0.25) is 0 Å². The Morgan fingerprint density at radius 2 is 1.64 bits per heavy atom. The second-order valence-electron chi connectivity index (χ2n) is 10.5. The van der Waals surface area contributed by atoms with E-state index in [1.165, 1.54) is 83.5 Å². The summed E-state index contributed by atoms with van der Waals surface area (Å²) in [6.07, 6.45) is 17.7. The summed E-state index contributed by atoms with van der Waals surface area (Å²) < 4.78 is 0. The smallest absolute Gasteiger partial charge is 0.0216 e. The van der Waals surface area contributed by atoms with Crippen molar-refractivity contribution in [1.29, 1.82) is 0 Å². The lowest BCUT2D eigenvalue weighted by atomic mass is 9.45. The molecule has 0 aliphatic heterocycles. The Balaban J connectivity index is 1.59. The first-order chi connectivity index (χ1) is 12.0. The van der Waals surface area contributed by atoms with Crippen molar-refractivity contribution in [2.24, 2.45) is 47.0 Å². The van der Waals surface area contributed by atoms with Crippen LogP contribution in [0, 0.1) is 35.5 Å². The first-order valence-corrected chi connectivity index (χ1v) is 11.6. The van der Waals surface area contributed by atoms with E-state index >= 15 is 0 Å².